The van der Waals surface area contributed by atoms with Crippen molar-refractivity contribution in [1.82, 2.24) is 24.5 Å². The number of pyridine rings is 1. The Hall–Kier alpha value is -8.28. The van der Waals surface area contributed by atoms with E-state index in [1.807, 2.05) is 60.7 Å². The summed E-state index contributed by atoms with van der Waals surface area (Å²) in [5, 5.41) is 8.12. The topological polar surface area (TPSA) is 56.5 Å². The van der Waals surface area contributed by atoms with Gasteiger partial charge in [0, 0.05) is 49.5 Å². The van der Waals surface area contributed by atoms with Crippen molar-refractivity contribution in [3.05, 3.63) is 212 Å². The van der Waals surface area contributed by atoms with Gasteiger partial charge >= 0.3 is 0 Å². The van der Waals surface area contributed by atoms with Crippen molar-refractivity contribution in [1.29, 1.82) is 0 Å². The minimum absolute atomic E-state index is 0.644. The van der Waals surface area contributed by atoms with Crippen molar-refractivity contribution in [2.24, 2.45) is 0 Å². The van der Waals surface area contributed by atoms with Gasteiger partial charge in [-0.1, -0.05) is 158 Å². The zero-order chi connectivity index (χ0) is 40.3. The lowest BCUT2D eigenvalue weighted by atomic mass is 9.96. The summed E-state index contributed by atoms with van der Waals surface area (Å²) < 4.78 is 2.40. The van der Waals surface area contributed by atoms with E-state index in [1.165, 1.54) is 16.2 Å². The third kappa shape index (κ3) is 6.02. The molecule has 5 nitrogen and oxygen atoms in total. The second-order valence-electron chi connectivity index (χ2n) is 15.5. The predicted octanol–water partition coefficient (Wildman–Crippen LogP) is 14.2. The largest absolute Gasteiger partial charge is 0.309 e. The first kappa shape index (κ1) is 34.7. The molecule has 0 spiro atoms. The second kappa shape index (κ2) is 14.2. The van der Waals surface area contributed by atoms with Gasteiger partial charge in [-0.15, -0.1) is 0 Å². The van der Waals surface area contributed by atoms with Crippen LogP contribution in [0.4, 0.5) is 0 Å². The highest BCUT2D eigenvalue weighted by molar-refractivity contribution is 6.20. The van der Waals surface area contributed by atoms with Gasteiger partial charge in [0.1, 0.15) is 0 Å². The standard InChI is InChI=1S/C56H35N5/c1-5-15-36(16-6-1)53-49-34-48-47-33-42(29-30-51(47)61(44-21-11-4-12-22-44)52(48)35-46(49)45-23-13-14-24-50(45)57-53)40-25-26-41-32-43(28-27-39(41)31-40)56-59-54(37-17-7-2-8-18-37)58-55(60-56)38-19-9-3-10-20-38/h1-35H. The Labute approximate surface area is 351 Å². The molecule has 9 aromatic carbocycles. The summed E-state index contributed by atoms with van der Waals surface area (Å²) >= 11 is 0. The van der Waals surface area contributed by atoms with Crippen LogP contribution in [0.5, 0.6) is 0 Å². The first-order valence-electron chi connectivity index (χ1n) is 20.5. The van der Waals surface area contributed by atoms with Crippen molar-refractivity contribution in [2.45, 2.75) is 0 Å². The van der Waals surface area contributed by atoms with E-state index in [4.69, 9.17) is 19.9 Å². The van der Waals surface area contributed by atoms with Crippen LogP contribution in [0.3, 0.4) is 0 Å². The number of hydrogen-bond acceptors (Lipinski definition) is 4. The van der Waals surface area contributed by atoms with Crippen molar-refractivity contribution in [3.8, 4) is 62.2 Å². The second-order valence-corrected chi connectivity index (χ2v) is 15.5. The summed E-state index contributed by atoms with van der Waals surface area (Å²) in [6.45, 7) is 0. The Morgan fingerprint density at radius 3 is 1.46 bits per heavy atom. The van der Waals surface area contributed by atoms with Gasteiger partial charge in [0.25, 0.3) is 0 Å². The summed E-state index contributed by atoms with van der Waals surface area (Å²) in [4.78, 5) is 20.1. The fraction of sp³-hybridized carbons (Fsp3) is 0. The van der Waals surface area contributed by atoms with Gasteiger partial charge in [-0.25, -0.2) is 19.9 Å². The van der Waals surface area contributed by atoms with Crippen LogP contribution in [-0.4, -0.2) is 24.5 Å². The first-order valence-corrected chi connectivity index (χ1v) is 20.5. The zero-order valence-corrected chi connectivity index (χ0v) is 32.9. The number of nitrogens with zero attached hydrogens (tertiary/aromatic N) is 5. The molecule has 0 amide bonds. The van der Waals surface area contributed by atoms with Crippen molar-refractivity contribution < 1.29 is 0 Å². The molecule has 61 heavy (non-hydrogen) atoms. The lowest BCUT2D eigenvalue weighted by molar-refractivity contribution is 1.07. The van der Waals surface area contributed by atoms with E-state index in [0.29, 0.717) is 17.5 Å². The minimum Gasteiger partial charge on any atom is -0.309 e. The van der Waals surface area contributed by atoms with Crippen molar-refractivity contribution >= 4 is 54.3 Å². The van der Waals surface area contributed by atoms with E-state index < -0.39 is 0 Å². The number of aromatic nitrogens is 5. The van der Waals surface area contributed by atoms with Crippen LogP contribution in [-0.2, 0) is 0 Å². The zero-order valence-electron chi connectivity index (χ0n) is 32.9. The number of fused-ring (bicyclic) bond motifs is 7. The normalized spacial score (nSPS) is 11.6. The Morgan fingerprint density at radius 1 is 0.279 bits per heavy atom. The van der Waals surface area contributed by atoms with Crippen LogP contribution in [0.1, 0.15) is 0 Å². The van der Waals surface area contributed by atoms with Gasteiger partial charge in [-0.3, -0.25) is 0 Å². The van der Waals surface area contributed by atoms with Crippen LogP contribution < -0.4 is 0 Å². The van der Waals surface area contributed by atoms with Crippen LogP contribution >= 0.6 is 0 Å². The molecule has 284 valence electrons. The summed E-state index contributed by atoms with van der Waals surface area (Å²) in [6, 6.07) is 74.7. The molecule has 0 unspecified atom stereocenters. The molecular weight excluding hydrogens is 743 g/mol. The Morgan fingerprint density at radius 2 is 0.787 bits per heavy atom. The smallest absolute Gasteiger partial charge is 0.164 e. The average molecular weight is 778 g/mol. The number of hydrogen-bond donors (Lipinski definition) is 0. The molecule has 0 bridgehead atoms. The Bertz CT molecular complexity index is 3560. The molecular formula is C56H35N5. The third-order valence-electron chi connectivity index (χ3n) is 11.8. The maximum absolute atomic E-state index is 5.26. The molecule has 0 aliphatic carbocycles. The number of para-hydroxylation sites is 2. The van der Waals surface area contributed by atoms with Gasteiger partial charge < -0.3 is 4.57 Å². The molecule has 0 N–H and O–H groups in total. The summed E-state index contributed by atoms with van der Waals surface area (Å²) in [5.41, 5.74) is 11.7. The SMILES string of the molecule is c1ccc(-c2nc(-c3ccccc3)nc(-c3ccc4cc(-c5ccc6c(c5)c5cc7c(-c8ccccc8)nc8ccccc8c7cc5n6-c5ccccc5)ccc4c3)n2)cc1. The molecule has 0 atom stereocenters. The van der Waals surface area contributed by atoms with Crippen LogP contribution in [0, 0.1) is 0 Å². The fourth-order valence-electron chi connectivity index (χ4n) is 8.82. The number of benzene rings is 9. The fourth-order valence-corrected chi connectivity index (χ4v) is 8.82. The maximum Gasteiger partial charge on any atom is 0.164 e. The van der Waals surface area contributed by atoms with E-state index >= 15 is 0 Å². The van der Waals surface area contributed by atoms with Crippen molar-refractivity contribution in [2.75, 3.05) is 0 Å². The molecule has 0 fully saturated rings. The van der Waals surface area contributed by atoms with Gasteiger partial charge in [0.15, 0.2) is 17.5 Å². The lowest BCUT2D eigenvalue weighted by Crippen LogP contribution is -2.00. The molecule has 0 saturated carbocycles. The molecule has 0 radical (unpaired) electrons. The van der Waals surface area contributed by atoms with Gasteiger partial charge in [0.05, 0.1) is 22.2 Å². The third-order valence-corrected chi connectivity index (χ3v) is 11.8. The van der Waals surface area contributed by atoms with Crippen LogP contribution in [0.15, 0.2) is 212 Å². The van der Waals surface area contributed by atoms with Gasteiger partial charge in [-0.05, 0) is 81.9 Å². The Kier molecular flexibility index (Phi) is 8.10. The monoisotopic (exact) mass is 777 g/mol. The molecule has 3 heterocycles. The van der Waals surface area contributed by atoms with Crippen LogP contribution in [0.25, 0.3) is 116 Å². The predicted molar refractivity (Wildman–Crippen MR) is 252 cm³/mol. The van der Waals surface area contributed by atoms with Gasteiger partial charge in [0.2, 0.25) is 0 Å². The van der Waals surface area contributed by atoms with E-state index in [9.17, 15) is 0 Å². The quantitative estimate of drug-likeness (QED) is 0.158. The molecule has 0 saturated heterocycles. The van der Waals surface area contributed by atoms with Crippen LogP contribution in [0.2, 0.25) is 0 Å². The molecule has 12 aromatic rings. The lowest BCUT2D eigenvalue weighted by Gasteiger charge is -2.12. The van der Waals surface area contributed by atoms with Crippen molar-refractivity contribution in [3.63, 3.8) is 0 Å². The van der Waals surface area contributed by atoms with Gasteiger partial charge in [-0.2, -0.15) is 0 Å². The maximum atomic E-state index is 5.26. The molecule has 0 aliphatic rings. The summed E-state index contributed by atoms with van der Waals surface area (Å²) in [6.07, 6.45) is 0. The summed E-state index contributed by atoms with van der Waals surface area (Å²) in [5.74, 6) is 1.95. The summed E-state index contributed by atoms with van der Waals surface area (Å²) in [7, 11) is 0. The molecule has 5 heteroatoms. The molecule has 0 aliphatic heterocycles. The highest BCUT2D eigenvalue weighted by Crippen LogP contribution is 2.41. The minimum atomic E-state index is 0.644. The van der Waals surface area contributed by atoms with E-state index in [0.717, 1.165) is 82.9 Å². The average Bonchev–Trinajstić information content (AvgIpc) is 3.66. The number of rotatable bonds is 6. The first-order chi connectivity index (χ1) is 30.2. The molecule has 3 aromatic heterocycles. The highest BCUT2D eigenvalue weighted by atomic mass is 15.0. The highest BCUT2D eigenvalue weighted by Gasteiger charge is 2.19. The van der Waals surface area contributed by atoms with E-state index in [2.05, 4.69) is 156 Å². The molecule has 12 rings (SSSR count). The Balaban J connectivity index is 1.01. The van der Waals surface area contributed by atoms with E-state index in [-0.39, 0.29) is 0 Å². The van der Waals surface area contributed by atoms with E-state index in [1.54, 1.807) is 0 Å².